The predicted molar refractivity (Wildman–Crippen MR) is 55.7 cm³/mol. The average molecular weight is 208 g/mol. The van der Waals surface area contributed by atoms with Crippen LogP contribution in [0, 0.1) is 25.2 Å². The average Bonchev–Trinajstić information content (AvgIpc) is 2.16. The third-order valence-corrected chi connectivity index (χ3v) is 2.33. The van der Waals surface area contributed by atoms with Gasteiger partial charge in [-0.05, 0) is 37.1 Å². The van der Waals surface area contributed by atoms with Crippen LogP contribution in [0.3, 0.4) is 0 Å². The zero-order chi connectivity index (χ0) is 10.7. The van der Waals surface area contributed by atoms with E-state index in [1.807, 2.05) is 13.8 Å². The molecule has 0 aliphatic heterocycles. The number of alkyl halides is 1. The Morgan fingerprint density at radius 3 is 2.29 bits per heavy atom. The maximum absolute atomic E-state index is 11.3. The van der Waals surface area contributed by atoms with Crippen molar-refractivity contribution in [1.82, 2.24) is 0 Å². The fourth-order valence-electron chi connectivity index (χ4n) is 1.38. The van der Waals surface area contributed by atoms with Crippen molar-refractivity contribution in [3.05, 3.63) is 34.4 Å². The van der Waals surface area contributed by atoms with Crippen molar-refractivity contribution in [2.75, 3.05) is 5.88 Å². The highest BCUT2D eigenvalue weighted by atomic mass is 35.5. The second kappa shape index (κ2) is 4.26. The molecule has 0 aliphatic rings. The van der Waals surface area contributed by atoms with Crippen LogP contribution in [0.4, 0.5) is 0 Å². The number of benzene rings is 1. The third-order valence-electron chi connectivity index (χ3n) is 2.09. The fraction of sp³-hybridized carbons (Fsp3) is 0.273. The lowest BCUT2D eigenvalue weighted by atomic mass is 9.99. The molecular weight excluding hydrogens is 198 g/mol. The summed E-state index contributed by atoms with van der Waals surface area (Å²) in [6.07, 6.45) is 0. The molecule has 3 heteroatoms. The molecule has 0 saturated heterocycles. The largest absolute Gasteiger partial charge is 0.293 e. The van der Waals surface area contributed by atoms with Gasteiger partial charge >= 0.3 is 0 Å². The highest BCUT2D eigenvalue weighted by molar-refractivity contribution is 6.30. The van der Waals surface area contributed by atoms with Crippen molar-refractivity contribution in [2.24, 2.45) is 0 Å². The molecule has 0 saturated carbocycles. The van der Waals surface area contributed by atoms with E-state index in [0.717, 1.165) is 11.1 Å². The maximum Gasteiger partial charge on any atom is 0.177 e. The molecule has 0 fully saturated rings. The van der Waals surface area contributed by atoms with Gasteiger partial charge in [-0.2, -0.15) is 5.26 Å². The summed E-state index contributed by atoms with van der Waals surface area (Å²) in [5, 5.41) is 8.82. The van der Waals surface area contributed by atoms with E-state index in [1.54, 1.807) is 12.1 Å². The topological polar surface area (TPSA) is 40.9 Å². The quantitative estimate of drug-likeness (QED) is 0.553. The van der Waals surface area contributed by atoms with E-state index < -0.39 is 0 Å². The first-order valence-corrected chi connectivity index (χ1v) is 4.74. The number of rotatable bonds is 2. The highest BCUT2D eigenvalue weighted by Gasteiger charge is 2.09. The van der Waals surface area contributed by atoms with Crippen molar-refractivity contribution < 1.29 is 4.79 Å². The van der Waals surface area contributed by atoms with Gasteiger partial charge in [0.15, 0.2) is 5.78 Å². The van der Waals surface area contributed by atoms with Gasteiger partial charge in [0.2, 0.25) is 0 Å². The van der Waals surface area contributed by atoms with Crippen LogP contribution in [0.1, 0.15) is 27.0 Å². The number of ketones is 1. The zero-order valence-electron chi connectivity index (χ0n) is 8.10. The van der Waals surface area contributed by atoms with Crippen molar-refractivity contribution >= 4 is 17.4 Å². The lowest BCUT2D eigenvalue weighted by Crippen LogP contribution is -2.02. The Kier molecular flexibility index (Phi) is 3.27. The van der Waals surface area contributed by atoms with E-state index in [4.69, 9.17) is 16.9 Å². The standard InChI is InChI=1S/C11H10ClNO/c1-7-3-9(11(14)5-12)4-8(2)10(7)6-13/h3-4H,5H2,1-2H3. The molecular formula is C11H10ClNO. The zero-order valence-corrected chi connectivity index (χ0v) is 8.85. The molecule has 0 bridgehead atoms. The number of nitriles is 1. The van der Waals surface area contributed by atoms with Crippen molar-refractivity contribution in [2.45, 2.75) is 13.8 Å². The predicted octanol–water partition coefficient (Wildman–Crippen LogP) is 2.60. The highest BCUT2D eigenvalue weighted by Crippen LogP contribution is 2.16. The normalized spacial score (nSPS) is 9.57. The van der Waals surface area contributed by atoms with E-state index in [1.165, 1.54) is 0 Å². The van der Waals surface area contributed by atoms with Gasteiger partial charge in [0, 0.05) is 5.56 Å². The molecule has 1 aromatic rings. The van der Waals surface area contributed by atoms with E-state index in [0.29, 0.717) is 11.1 Å². The smallest absolute Gasteiger partial charge is 0.177 e. The summed E-state index contributed by atoms with van der Waals surface area (Å²) < 4.78 is 0. The van der Waals surface area contributed by atoms with Crippen molar-refractivity contribution in [3.8, 4) is 6.07 Å². The van der Waals surface area contributed by atoms with Crippen molar-refractivity contribution in [1.29, 1.82) is 5.26 Å². The lowest BCUT2D eigenvalue weighted by molar-refractivity contribution is 0.102. The molecule has 0 amide bonds. The maximum atomic E-state index is 11.3. The second-order valence-electron chi connectivity index (χ2n) is 3.15. The number of Topliss-reactive ketones (excluding diaryl/α,β-unsaturated/α-hetero) is 1. The Labute approximate surface area is 88.1 Å². The molecule has 0 radical (unpaired) electrons. The van der Waals surface area contributed by atoms with Gasteiger partial charge in [-0.1, -0.05) is 0 Å². The van der Waals surface area contributed by atoms with Crippen LogP contribution in [0.5, 0.6) is 0 Å². The Morgan fingerprint density at radius 2 is 1.93 bits per heavy atom. The molecule has 0 aliphatic carbocycles. The summed E-state index contributed by atoms with van der Waals surface area (Å²) >= 11 is 5.45. The van der Waals surface area contributed by atoms with Crippen LogP contribution in [0.2, 0.25) is 0 Å². The van der Waals surface area contributed by atoms with Gasteiger partial charge in [0.25, 0.3) is 0 Å². The second-order valence-corrected chi connectivity index (χ2v) is 3.42. The molecule has 0 heterocycles. The van der Waals surface area contributed by atoms with Crippen molar-refractivity contribution in [3.63, 3.8) is 0 Å². The number of carbonyl (C=O) groups is 1. The van der Waals surface area contributed by atoms with Gasteiger partial charge in [-0.3, -0.25) is 4.79 Å². The fourth-order valence-corrected chi connectivity index (χ4v) is 1.53. The summed E-state index contributed by atoms with van der Waals surface area (Å²) in [5.74, 6) is -0.132. The molecule has 0 spiro atoms. The number of nitrogens with zero attached hydrogens (tertiary/aromatic N) is 1. The minimum Gasteiger partial charge on any atom is -0.293 e. The molecule has 1 aromatic carbocycles. The lowest BCUT2D eigenvalue weighted by Gasteiger charge is -2.05. The molecule has 14 heavy (non-hydrogen) atoms. The summed E-state index contributed by atoms with van der Waals surface area (Å²) in [7, 11) is 0. The van der Waals surface area contributed by atoms with Crippen LogP contribution in [0.25, 0.3) is 0 Å². The first-order chi connectivity index (χ1) is 6.60. The van der Waals surface area contributed by atoms with E-state index in [-0.39, 0.29) is 11.7 Å². The van der Waals surface area contributed by atoms with Crippen LogP contribution in [0.15, 0.2) is 12.1 Å². The van der Waals surface area contributed by atoms with Gasteiger partial charge in [-0.25, -0.2) is 0 Å². The molecule has 72 valence electrons. The minimum absolute atomic E-state index is 0.0230. The van der Waals surface area contributed by atoms with Gasteiger partial charge < -0.3 is 0 Å². The van der Waals surface area contributed by atoms with E-state index in [2.05, 4.69) is 6.07 Å². The summed E-state index contributed by atoms with van der Waals surface area (Å²) in [5.41, 5.74) is 2.85. The first-order valence-electron chi connectivity index (χ1n) is 4.20. The SMILES string of the molecule is Cc1cc(C(=O)CCl)cc(C)c1C#N. The number of hydrogen-bond donors (Lipinski definition) is 0. The number of aryl methyl sites for hydroxylation is 2. The Bertz CT molecular complexity index is 395. The Balaban J connectivity index is 3.29. The monoisotopic (exact) mass is 207 g/mol. The van der Waals surface area contributed by atoms with Crippen LogP contribution < -0.4 is 0 Å². The van der Waals surface area contributed by atoms with Gasteiger partial charge in [0.05, 0.1) is 17.5 Å². The molecule has 0 unspecified atom stereocenters. The Hall–Kier alpha value is -1.33. The molecule has 1 rings (SSSR count). The Morgan fingerprint density at radius 1 is 1.43 bits per heavy atom. The van der Waals surface area contributed by atoms with Crippen LogP contribution in [-0.4, -0.2) is 11.7 Å². The minimum atomic E-state index is -0.109. The summed E-state index contributed by atoms with van der Waals surface area (Å²) in [6, 6.07) is 5.51. The van der Waals surface area contributed by atoms with E-state index in [9.17, 15) is 4.79 Å². The number of carbonyl (C=O) groups excluding carboxylic acids is 1. The molecule has 0 N–H and O–H groups in total. The summed E-state index contributed by atoms with van der Waals surface area (Å²) in [6.45, 7) is 3.63. The number of hydrogen-bond acceptors (Lipinski definition) is 2. The van der Waals surface area contributed by atoms with Crippen LogP contribution in [-0.2, 0) is 0 Å². The van der Waals surface area contributed by atoms with Gasteiger partial charge in [0.1, 0.15) is 0 Å². The molecule has 0 atom stereocenters. The molecule has 2 nitrogen and oxygen atoms in total. The third kappa shape index (κ3) is 1.94. The first kappa shape index (κ1) is 10.7. The van der Waals surface area contributed by atoms with Crippen LogP contribution >= 0.6 is 11.6 Å². The summed E-state index contributed by atoms with van der Waals surface area (Å²) in [4.78, 5) is 11.3. The number of halogens is 1. The van der Waals surface area contributed by atoms with E-state index >= 15 is 0 Å². The molecule has 0 aromatic heterocycles. The van der Waals surface area contributed by atoms with Gasteiger partial charge in [-0.15, -0.1) is 11.6 Å².